The fourth-order valence-corrected chi connectivity index (χ4v) is 8.41. The molecule has 9 nitrogen and oxygen atoms in total. The van der Waals surface area contributed by atoms with Gasteiger partial charge in [-0.2, -0.15) is 0 Å². The van der Waals surface area contributed by atoms with E-state index < -0.39 is 31.8 Å². The lowest BCUT2D eigenvalue weighted by atomic mass is 9.86. The van der Waals surface area contributed by atoms with E-state index in [0.717, 1.165) is 56.7 Å². The van der Waals surface area contributed by atoms with Crippen molar-refractivity contribution in [2.45, 2.75) is 13.1 Å². The number of benzene rings is 2. The molecule has 0 aromatic heterocycles. The zero-order valence-corrected chi connectivity index (χ0v) is 24.6. The van der Waals surface area contributed by atoms with Crippen LogP contribution in [0.3, 0.4) is 0 Å². The van der Waals surface area contributed by atoms with Gasteiger partial charge < -0.3 is 19.6 Å². The number of anilines is 1. The van der Waals surface area contributed by atoms with Crippen molar-refractivity contribution in [3.63, 3.8) is 0 Å². The average Bonchev–Trinajstić information content (AvgIpc) is 3.24. The minimum Gasteiger partial charge on any atom is -0.545 e. The predicted molar refractivity (Wildman–Crippen MR) is 155 cm³/mol. The first-order chi connectivity index (χ1) is 19.3. The maximum atomic E-state index is 12.8. The summed E-state index contributed by atoms with van der Waals surface area (Å²) in [5.41, 5.74) is 4.69. The van der Waals surface area contributed by atoms with Crippen molar-refractivity contribution in [3.05, 3.63) is 99.8 Å². The van der Waals surface area contributed by atoms with Gasteiger partial charge in [-0.1, -0.05) is 30.3 Å². The molecular weight excluding hydrogens is 538 g/mol. The summed E-state index contributed by atoms with van der Waals surface area (Å²) in [5.74, 6) is -4.12. The maximum Gasteiger partial charge on any atom is 0.363 e. The normalized spacial score (nSPS) is 16.9. The Morgan fingerprint density at radius 1 is 0.927 bits per heavy atom. The van der Waals surface area contributed by atoms with Gasteiger partial charge in [-0.25, -0.2) is 9.37 Å². The van der Waals surface area contributed by atoms with Gasteiger partial charge in [0.05, 0.1) is 11.5 Å². The highest BCUT2D eigenvalue weighted by molar-refractivity contribution is 6.98. The summed E-state index contributed by atoms with van der Waals surface area (Å²) in [6, 6.07) is 10.3. The third kappa shape index (κ3) is 4.65. The van der Waals surface area contributed by atoms with Crippen molar-refractivity contribution in [1.82, 2.24) is 5.06 Å². The Hall–Kier alpha value is -4.83. The Morgan fingerprint density at radius 3 is 2.20 bits per heavy atom. The van der Waals surface area contributed by atoms with Crippen molar-refractivity contribution in [1.29, 1.82) is 0 Å². The molecule has 41 heavy (non-hydrogen) atoms. The minimum atomic E-state index is -2.26. The molecule has 2 amide bonds. The molecule has 208 valence electrons. The average molecular weight is 568 g/mol. The molecule has 2 aliphatic heterocycles. The molecule has 2 aromatic carbocycles. The quantitative estimate of drug-likeness (QED) is 0.307. The summed E-state index contributed by atoms with van der Waals surface area (Å²) in [6.45, 7) is 4.57. The van der Waals surface area contributed by atoms with Crippen LogP contribution in [0.2, 0.25) is 13.1 Å². The number of rotatable bonds is 5. The Bertz CT molecular complexity index is 1700. The first-order valence-electron chi connectivity index (χ1n) is 13.0. The van der Waals surface area contributed by atoms with Crippen LogP contribution >= 0.6 is 0 Å². The number of hydroxylamine groups is 2. The number of nitrogens with zero attached hydrogens (tertiary/aromatic N) is 3. The smallest absolute Gasteiger partial charge is 0.363 e. The zero-order chi connectivity index (χ0) is 29.8. The number of carbonyl (C=O) groups is 4. The first kappa shape index (κ1) is 27.7. The van der Waals surface area contributed by atoms with E-state index in [9.17, 15) is 24.3 Å². The summed E-state index contributed by atoms with van der Waals surface area (Å²) < 4.78 is 2.04. The molecule has 0 radical (unpaired) electrons. The van der Waals surface area contributed by atoms with Gasteiger partial charge in [0.25, 0.3) is 11.8 Å². The van der Waals surface area contributed by atoms with E-state index in [1.807, 2.05) is 62.0 Å². The number of aromatic carboxylic acids is 1. The largest absolute Gasteiger partial charge is 0.545 e. The summed E-state index contributed by atoms with van der Waals surface area (Å²) in [6.07, 6.45) is 8.17. The lowest BCUT2D eigenvalue weighted by Crippen LogP contribution is -2.50. The molecule has 3 aliphatic rings. The lowest BCUT2D eigenvalue weighted by Gasteiger charge is -2.38. The van der Waals surface area contributed by atoms with Gasteiger partial charge in [-0.3, -0.25) is 9.59 Å². The van der Waals surface area contributed by atoms with Crippen LogP contribution in [0, 0.1) is 0 Å². The number of hydrogen-bond acceptors (Lipinski definition) is 7. The molecule has 0 saturated carbocycles. The summed E-state index contributed by atoms with van der Waals surface area (Å²) in [7, 11) is 5.66. The van der Waals surface area contributed by atoms with Crippen LogP contribution in [0.15, 0.2) is 77.5 Å². The molecule has 0 spiro atoms. The lowest BCUT2D eigenvalue weighted by molar-refractivity contribution is -0.462. The number of carboxylic acid groups (broad SMARTS) is 1. The van der Waals surface area contributed by atoms with E-state index in [0.29, 0.717) is 10.6 Å². The third-order valence-corrected chi connectivity index (χ3v) is 11.1. The molecule has 0 bridgehead atoms. The number of amides is 2. The molecule has 0 atom stereocenters. The Labute approximate surface area is 238 Å². The van der Waals surface area contributed by atoms with Gasteiger partial charge in [0.2, 0.25) is 0 Å². The van der Waals surface area contributed by atoms with E-state index in [1.165, 1.54) is 6.07 Å². The van der Waals surface area contributed by atoms with E-state index in [4.69, 9.17) is 4.84 Å². The Balaban J connectivity index is 1.71. The van der Waals surface area contributed by atoms with Crippen LogP contribution in [-0.2, 0) is 14.4 Å². The molecule has 5 rings (SSSR count). The standard InChI is InChI=1S/C31H29N3O6Si/c1-32(2)19-8-11-22-25(16-19)41(5,6)26-17-20(33(3)4)9-12-23(26)29(22)21-10-7-18(15-24(21)30(37)38)31(39)40-34-27(35)13-14-28(34)36/h7-17H,1-6H3. The van der Waals surface area contributed by atoms with Gasteiger partial charge in [0, 0.05) is 49.7 Å². The molecule has 0 N–H and O–H groups in total. The summed E-state index contributed by atoms with van der Waals surface area (Å²) >= 11 is 0. The predicted octanol–water partition coefficient (Wildman–Crippen LogP) is 1.59. The maximum absolute atomic E-state index is 12.8. The van der Waals surface area contributed by atoms with Crippen molar-refractivity contribution in [3.8, 4) is 0 Å². The highest BCUT2D eigenvalue weighted by Gasteiger charge is 2.41. The Morgan fingerprint density at radius 2 is 1.59 bits per heavy atom. The fraction of sp³-hybridized carbons (Fsp3) is 0.194. The second-order valence-corrected chi connectivity index (χ2v) is 15.3. The van der Waals surface area contributed by atoms with Gasteiger partial charge >= 0.3 is 5.97 Å². The van der Waals surface area contributed by atoms with E-state index in [-0.39, 0.29) is 11.1 Å². The molecule has 1 aliphatic carbocycles. The van der Waals surface area contributed by atoms with Crippen LogP contribution in [0.1, 0.15) is 31.8 Å². The van der Waals surface area contributed by atoms with Crippen LogP contribution < -0.4 is 15.2 Å². The molecule has 0 saturated heterocycles. The minimum absolute atomic E-state index is 0.141. The van der Waals surface area contributed by atoms with Gasteiger partial charge in [-0.15, -0.1) is 0 Å². The number of imide groups is 1. The van der Waals surface area contributed by atoms with E-state index in [1.54, 1.807) is 6.07 Å². The monoisotopic (exact) mass is 567 g/mol. The van der Waals surface area contributed by atoms with Crippen LogP contribution in [0.5, 0.6) is 0 Å². The van der Waals surface area contributed by atoms with Crippen molar-refractivity contribution < 1.29 is 33.7 Å². The van der Waals surface area contributed by atoms with Gasteiger partial charge in [0.1, 0.15) is 22.2 Å². The molecule has 2 aromatic rings. The third-order valence-electron chi connectivity index (χ3n) is 7.61. The first-order valence-corrected chi connectivity index (χ1v) is 16.0. The van der Waals surface area contributed by atoms with Crippen molar-refractivity contribution in [2.24, 2.45) is 0 Å². The molecule has 2 heterocycles. The fourth-order valence-electron chi connectivity index (χ4n) is 5.34. The number of hydrogen-bond donors (Lipinski definition) is 0. The molecule has 10 heteroatoms. The van der Waals surface area contributed by atoms with E-state index in [2.05, 4.69) is 25.2 Å². The number of carboxylic acids is 1. The van der Waals surface area contributed by atoms with Crippen LogP contribution in [-0.4, -0.2) is 75.4 Å². The number of carbonyl (C=O) groups excluding carboxylic acids is 4. The second-order valence-electron chi connectivity index (χ2n) is 11.0. The summed E-state index contributed by atoms with van der Waals surface area (Å²) in [4.78, 5) is 56.0. The number of fused-ring (bicyclic) bond motifs is 2. The van der Waals surface area contributed by atoms with Crippen molar-refractivity contribution in [2.75, 3.05) is 33.1 Å². The molecule has 0 unspecified atom stereocenters. The zero-order valence-electron chi connectivity index (χ0n) is 23.6. The molecule has 0 fully saturated rings. The van der Waals surface area contributed by atoms with Crippen LogP contribution in [0.4, 0.5) is 5.69 Å². The summed E-state index contributed by atoms with van der Waals surface area (Å²) in [5, 5.41) is 15.2. The highest BCUT2D eigenvalue weighted by atomic mass is 28.3. The topological polar surface area (TPSA) is 110 Å². The van der Waals surface area contributed by atoms with Gasteiger partial charge in [0.15, 0.2) is 5.71 Å². The van der Waals surface area contributed by atoms with Crippen LogP contribution in [0.25, 0.3) is 5.57 Å². The Kier molecular flexibility index (Phi) is 6.74. The van der Waals surface area contributed by atoms with Gasteiger partial charge in [-0.05, 0) is 63.0 Å². The van der Waals surface area contributed by atoms with Crippen molar-refractivity contribution >= 4 is 54.0 Å². The SMILES string of the molecule is CN(C)c1ccc2c(c1)[Si](C)(C)C1=CC(=[N+](C)C)C=CC1=C2c1ccc(C(=O)ON2C(=O)C=CC2=O)cc1C(=O)[O-]. The molecular formula is C31H29N3O6Si. The number of allylic oxidation sites excluding steroid dienone is 5. The highest BCUT2D eigenvalue weighted by Crippen LogP contribution is 2.42. The second kappa shape index (κ2) is 9.97. The van der Waals surface area contributed by atoms with E-state index >= 15 is 0 Å².